The molecule has 0 amide bonds. The van der Waals surface area contributed by atoms with Gasteiger partial charge in [0.2, 0.25) is 0 Å². The molecule has 0 spiro atoms. The van der Waals surface area contributed by atoms with E-state index < -0.39 is 0 Å². The van der Waals surface area contributed by atoms with Gasteiger partial charge in [0.1, 0.15) is 0 Å². The van der Waals surface area contributed by atoms with Crippen LogP contribution in [0.25, 0.3) is 33.5 Å². The molecule has 0 atom stereocenters. The minimum Gasteiger partial charge on any atom is -0.354 e. The zero-order valence-corrected chi connectivity index (χ0v) is 23.4. The fraction of sp³-hybridized carbons (Fsp3) is 0.132. The molecule has 4 aromatic carbocycles. The van der Waals surface area contributed by atoms with Crippen LogP contribution in [-0.2, 0) is 6.42 Å². The van der Waals surface area contributed by atoms with Crippen LogP contribution >= 0.6 is 0 Å². The van der Waals surface area contributed by atoms with Crippen molar-refractivity contribution in [3.63, 3.8) is 0 Å². The molecule has 0 aliphatic carbocycles. The Kier molecular flexibility index (Phi) is 7.16. The first-order chi connectivity index (χ1) is 19.7. The Labute approximate surface area is 237 Å². The van der Waals surface area contributed by atoms with Gasteiger partial charge < -0.3 is 4.98 Å². The molecule has 40 heavy (non-hydrogen) atoms. The summed E-state index contributed by atoms with van der Waals surface area (Å²) in [5.41, 5.74) is 15.5. The van der Waals surface area contributed by atoms with Crippen molar-refractivity contribution in [2.24, 2.45) is 4.99 Å². The molecule has 2 heteroatoms. The summed E-state index contributed by atoms with van der Waals surface area (Å²) in [6.45, 7) is 6.72. The van der Waals surface area contributed by atoms with E-state index in [1.54, 1.807) is 0 Å². The average molecular weight is 519 g/mol. The van der Waals surface area contributed by atoms with Gasteiger partial charge in [0.05, 0.1) is 17.1 Å². The third-order valence-corrected chi connectivity index (χ3v) is 7.82. The van der Waals surface area contributed by atoms with E-state index in [4.69, 9.17) is 4.99 Å². The lowest BCUT2D eigenvalue weighted by atomic mass is 9.90. The molecule has 0 fully saturated rings. The van der Waals surface area contributed by atoms with Gasteiger partial charge in [0, 0.05) is 22.4 Å². The summed E-state index contributed by atoms with van der Waals surface area (Å²) < 4.78 is 0. The van der Waals surface area contributed by atoms with Crippen LogP contribution in [0.4, 0.5) is 0 Å². The van der Waals surface area contributed by atoms with E-state index in [1.165, 1.54) is 44.7 Å². The Bertz CT molecular complexity index is 1720. The quantitative estimate of drug-likeness (QED) is 0.222. The smallest absolute Gasteiger partial charge is 0.0769 e. The van der Waals surface area contributed by atoms with Gasteiger partial charge in [-0.1, -0.05) is 135 Å². The number of benzene rings is 4. The van der Waals surface area contributed by atoms with Crippen LogP contribution in [-0.4, -0.2) is 10.7 Å². The van der Waals surface area contributed by atoms with E-state index in [-0.39, 0.29) is 0 Å². The van der Waals surface area contributed by atoms with Gasteiger partial charge >= 0.3 is 0 Å². The van der Waals surface area contributed by atoms with Crippen LogP contribution in [0, 0.1) is 0 Å². The summed E-state index contributed by atoms with van der Waals surface area (Å²) >= 11 is 0. The van der Waals surface area contributed by atoms with E-state index in [2.05, 4.69) is 147 Å². The van der Waals surface area contributed by atoms with Crippen molar-refractivity contribution in [1.29, 1.82) is 0 Å². The molecular formula is C38H34N2. The van der Waals surface area contributed by atoms with Crippen LogP contribution in [0.15, 0.2) is 138 Å². The van der Waals surface area contributed by atoms with Crippen molar-refractivity contribution < 1.29 is 0 Å². The summed E-state index contributed by atoms with van der Waals surface area (Å²) in [6.07, 6.45) is 1.83. The van der Waals surface area contributed by atoms with Gasteiger partial charge in [-0.15, -0.1) is 0 Å². The van der Waals surface area contributed by atoms with Crippen molar-refractivity contribution in [3.05, 3.63) is 155 Å². The molecule has 2 heterocycles. The second kappa shape index (κ2) is 11.2. The standard InChI is InChI=1S/C38H34N2/c1-4-31-33(27-18-10-6-11-19-27)35(39-37(31)29-22-14-8-15-23-29)26(3)36-34(28-20-12-7-13-21-28)32(5-2)38(40-36)30-24-16-9-17-25-30/h6-25,39H,4-5H2,1-3H3/b36-26-. The lowest BCUT2D eigenvalue weighted by Crippen LogP contribution is -2.02. The first-order valence-corrected chi connectivity index (χ1v) is 14.2. The summed E-state index contributed by atoms with van der Waals surface area (Å²) in [4.78, 5) is 9.32. The Hall–Kier alpha value is -4.69. The maximum absolute atomic E-state index is 5.42. The number of nitrogens with one attached hydrogen (secondary N) is 1. The molecule has 0 saturated heterocycles. The number of hydrogen-bond donors (Lipinski definition) is 1. The number of allylic oxidation sites excluding steroid dienone is 3. The van der Waals surface area contributed by atoms with E-state index in [9.17, 15) is 0 Å². The molecule has 0 radical (unpaired) electrons. The molecule has 0 bridgehead atoms. The van der Waals surface area contributed by atoms with Crippen LogP contribution in [0.1, 0.15) is 49.6 Å². The highest BCUT2D eigenvalue weighted by molar-refractivity contribution is 6.23. The highest BCUT2D eigenvalue weighted by Gasteiger charge is 2.29. The Morgan fingerprint density at radius 2 is 1.10 bits per heavy atom. The topological polar surface area (TPSA) is 28.1 Å². The summed E-state index contributed by atoms with van der Waals surface area (Å²) in [7, 11) is 0. The second-order valence-corrected chi connectivity index (χ2v) is 10.2. The molecule has 1 N–H and O–H groups in total. The molecule has 1 aliphatic heterocycles. The molecular weight excluding hydrogens is 484 g/mol. The number of nitrogens with zero attached hydrogens (tertiary/aromatic N) is 1. The largest absolute Gasteiger partial charge is 0.354 e. The lowest BCUT2D eigenvalue weighted by Gasteiger charge is -2.13. The van der Waals surface area contributed by atoms with Crippen LogP contribution in [0.3, 0.4) is 0 Å². The highest BCUT2D eigenvalue weighted by Crippen LogP contribution is 2.45. The minimum atomic E-state index is 0.903. The van der Waals surface area contributed by atoms with Crippen molar-refractivity contribution in [1.82, 2.24) is 4.98 Å². The number of hydrogen-bond acceptors (Lipinski definition) is 1. The maximum Gasteiger partial charge on any atom is 0.0769 e. The lowest BCUT2D eigenvalue weighted by molar-refractivity contribution is 1.15. The van der Waals surface area contributed by atoms with E-state index in [1.807, 2.05) is 0 Å². The van der Waals surface area contributed by atoms with E-state index in [0.29, 0.717) is 0 Å². The normalized spacial score (nSPS) is 14.4. The third kappa shape index (κ3) is 4.56. The van der Waals surface area contributed by atoms with Crippen molar-refractivity contribution in [2.45, 2.75) is 33.6 Å². The molecule has 5 aromatic rings. The monoisotopic (exact) mass is 518 g/mol. The van der Waals surface area contributed by atoms with Crippen LogP contribution in [0.2, 0.25) is 0 Å². The number of H-pyrrole nitrogens is 1. The molecule has 2 nitrogen and oxygen atoms in total. The van der Waals surface area contributed by atoms with Gasteiger partial charge in [-0.2, -0.15) is 0 Å². The fourth-order valence-corrected chi connectivity index (χ4v) is 5.93. The Morgan fingerprint density at radius 1 is 0.600 bits per heavy atom. The zero-order valence-electron chi connectivity index (χ0n) is 23.4. The summed E-state index contributed by atoms with van der Waals surface area (Å²) in [5, 5.41) is 0. The number of aromatic nitrogens is 1. The Morgan fingerprint density at radius 3 is 1.62 bits per heavy atom. The van der Waals surface area contributed by atoms with Crippen LogP contribution in [0.5, 0.6) is 0 Å². The first-order valence-electron chi connectivity index (χ1n) is 14.2. The van der Waals surface area contributed by atoms with Crippen molar-refractivity contribution in [2.75, 3.05) is 0 Å². The molecule has 1 aliphatic rings. The Balaban J connectivity index is 1.67. The molecule has 1 aromatic heterocycles. The molecule has 0 unspecified atom stereocenters. The van der Waals surface area contributed by atoms with E-state index in [0.717, 1.165) is 41.1 Å². The second-order valence-electron chi connectivity index (χ2n) is 10.2. The van der Waals surface area contributed by atoms with Gasteiger partial charge in [-0.05, 0) is 53.2 Å². The molecule has 196 valence electrons. The van der Waals surface area contributed by atoms with Gasteiger partial charge in [0.15, 0.2) is 0 Å². The molecule has 0 saturated carbocycles. The third-order valence-electron chi connectivity index (χ3n) is 7.82. The first kappa shape index (κ1) is 25.6. The minimum absolute atomic E-state index is 0.903. The number of aliphatic imine (C=N–C) groups is 1. The van der Waals surface area contributed by atoms with Gasteiger partial charge in [-0.3, -0.25) is 0 Å². The fourth-order valence-electron chi connectivity index (χ4n) is 5.93. The van der Waals surface area contributed by atoms with Gasteiger partial charge in [-0.25, -0.2) is 4.99 Å². The van der Waals surface area contributed by atoms with Crippen molar-refractivity contribution in [3.8, 4) is 22.4 Å². The van der Waals surface area contributed by atoms with Crippen molar-refractivity contribution >= 4 is 16.9 Å². The zero-order chi connectivity index (χ0) is 27.5. The van der Waals surface area contributed by atoms with Gasteiger partial charge in [0.25, 0.3) is 0 Å². The number of rotatable bonds is 7. The number of aromatic amines is 1. The van der Waals surface area contributed by atoms with E-state index >= 15 is 0 Å². The predicted octanol–water partition coefficient (Wildman–Crippen LogP) is 10.0. The summed E-state index contributed by atoms with van der Waals surface area (Å²) in [6, 6.07) is 42.8. The van der Waals surface area contributed by atoms with Crippen LogP contribution < -0.4 is 0 Å². The summed E-state index contributed by atoms with van der Waals surface area (Å²) in [5.74, 6) is 0. The SMILES string of the molecule is CCC1=C(c2ccccc2)/C(=C(\C)c2[nH]c(-c3ccccc3)c(CC)c2-c2ccccc2)N=C1c1ccccc1. The predicted molar refractivity (Wildman–Crippen MR) is 170 cm³/mol. The average Bonchev–Trinajstić information content (AvgIpc) is 3.62. The maximum atomic E-state index is 5.42. The molecule has 6 rings (SSSR count). The highest BCUT2D eigenvalue weighted by atomic mass is 14.8.